The minimum atomic E-state index is -0.0907. The highest BCUT2D eigenvalue weighted by Gasteiger charge is 2.10. The highest BCUT2D eigenvalue weighted by molar-refractivity contribution is 7.09. The van der Waals surface area contributed by atoms with Crippen LogP contribution in [0.15, 0.2) is 5.38 Å². The lowest BCUT2D eigenvalue weighted by Crippen LogP contribution is -2.35. The fraction of sp³-hybridized carbons (Fsp3) is 0.692. The van der Waals surface area contributed by atoms with Gasteiger partial charge in [-0.15, -0.1) is 11.3 Å². The maximum absolute atomic E-state index is 11.9. The Kier molecular flexibility index (Phi) is 7.62. The van der Waals surface area contributed by atoms with Crippen LogP contribution in [0.5, 0.6) is 0 Å². The molecule has 1 heterocycles. The smallest absolute Gasteiger partial charge is 0.270 e. The second-order valence-corrected chi connectivity index (χ2v) is 5.30. The van der Waals surface area contributed by atoms with Crippen LogP contribution in [0.2, 0.25) is 0 Å². The van der Waals surface area contributed by atoms with E-state index in [4.69, 9.17) is 5.73 Å². The lowest BCUT2D eigenvalue weighted by molar-refractivity contribution is 0.0944. The maximum Gasteiger partial charge on any atom is 0.270 e. The molecule has 108 valence electrons. The van der Waals surface area contributed by atoms with Crippen LogP contribution in [0.25, 0.3) is 0 Å². The van der Waals surface area contributed by atoms with E-state index in [1.54, 1.807) is 5.38 Å². The number of rotatable bonds is 9. The third-order valence-electron chi connectivity index (χ3n) is 2.84. The summed E-state index contributed by atoms with van der Waals surface area (Å²) in [5.41, 5.74) is 5.97. The van der Waals surface area contributed by atoms with Crippen LogP contribution < -0.4 is 11.1 Å². The molecule has 1 aromatic heterocycles. The molecule has 3 N–H and O–H groups in total. The molecule has 6 heteroatoms. The molecule has 0 fully saturated rings. The number of hydrogen-bond acceptors (Lipinski definition) is 5. The summed E-state index contributed by atoms with van der Waals surface area (Å²) in [4.78, 5) is 18.5. The van der Waals surface area contributed by atoms with E-state index in [0.29, 0.717) is 18.8 Å². The van der Waals surface area contributed by atoms with Crippen molar-refractivity contribution in [3.8, 4) is 0 Å². The molecule has 0 unspecified atom stereocenters. The Labute approximate surface area is 119 Å². The predicted octanol–water partition coefficient (Wildman–Crippen LogP) is 1.11. The van der Waals surface area contributed by atoms with E-state index in [1.807, 2.05) is 0 Å². The Morgan fingerprint density at radius 2 is 2.26 bits per heavy atom. The van der Waals surface area contributed by atoms with Gasteiger partial charge in [0.05, 0.1) is 5.01 Å². The fourth-order valence-electron chi connectivity index (χ4n) is 1.82. The quantitative estimate of drug-likeness (QED) is 0.712. The molecule has 0 radical (unpaired) electrons. The standard InChI is InChI=1S/C13H24N4OS/c1-3-8-17(4-2)9-7-15-13(18)11-10-19-12(16-11)5-6-14/h10H,3-9,14H2,1-2H3,(H,15,18). The normalized spacial score (nSPS) is 10.9. The molecule has 1 aromatic rings. The van der Waals surface area contributed by atoms with Gasteiger partial charge in [0.2, 0.25) is 0 Å². The number of amides is 1. The molecule has 0 spiro atoms. The first-order valence-corrected chi connectivity index (χ1v) is 7.74. The molecule has 0 aliphatic rings. The van der Waals surface area contributed by atoms with Crippen molar-refractivity contribution in [3.63, 3.8) is 0 Å². The highest BCUT2D eigenvalue weighted by atomic mass is 32.1. The molecule has 0 atom stereocenters. The lowest BCUT2D eigenvalue weighted by Gasteiger charge is -2.19. The average Bonchev–Trinajstić information content (AvgIpc) is 2.86. The molecular formula is C13H24N4OS. The minimum Gasteiger partial charge on any atom is -0.349 e. The molecule has 1 rings (SSSR count). The molecule has 0 saturated heterocycles. The number of nitrogens with two attached hydrogens (primary N) is 1. The van der Waals surface area contributed by atoms with Crippen LogP contribution in [0.4, 0.5) is 0 Å². The van der Waals surface area contributed by atoms with Crippen molar-refractivity contribution in [2.75, 3.05) is 32.7 Å². The Hall–Kier alpha value is -0.980. The van der Waals surface area contributed by atoms with Gasteiger partial charge in [-0.3, -0.25) is 4.79 Å². The zero-order chi connectivity index (χ0) is 14.1. The first-order valence-electron chi connectivity index (χ1n) is 6.86. The van der Waals surface area contributed by atoms with E-state index in [0.717, 1.165) is 37.5 Å². The Morgan fingerprint density at radius 3 is 2.89 bits per heavy atom. The number of aromatic nitrogens is 1. The molecular weight excluding hydrogens is 260 g/mol. The summed E-state index contributed by atoms with van der Waals surface area (Å²) in [6.45, 7) is 8.50. The van der Waals surface area contributed by atoms with Gasteiger partial charge in [-0.05, 0) is 26.1 Å². The molecule has 5 nitrogen and oxygen atoms in total. The zero-order valence-corrected chi connectivity index (χ0v) is 12.6. The van der Waals surface area contributed by atoms with Crippen molar-refractivity contribution in [1.29, 1.82) is 0 Å². The van der Waals surface area contributed by atoms with E-state index in [2.05, 4.69) is 29.0 Å². The molecule has 0 aliphatic heterocycles. The number of thiazole rings is 1. The summed E-state index contributed by atoms with van der Waals surface area (Å²) in [6, 6.07) is 0. The van der Waals surface area contributed by atoms with Crippen LogP contribution in [-0.2, 0) is 6.42 Å². The largest absolute Gasteiger partial charge is 0.349 e. The summed E-state index contributed by atoms with van der Waals surface area (Å²) < 4.78 is 0. The topological polar surface area (TPSA) is 71.2 Å². The highest BCUT2D eigenvalue weighted by Crippen LogP contribution is 2.09. The van der Waals surface area contributed by atoms with Gasteiger partial charge in [-0.2, -0.15) is 0 Å². The molecule has 0 bridgehead atoms. The molecule has 0 aliphatic carbocycles. The first-order chi connectivity index (χ1) is 9.21. The third kappa shape index (κ3) is 5.67. The van der Waals surface area contributed by atoms with Crippen molar-refractivity contribution >= 4 is 17.2 Å². The van der Waals surface area contributed by atoms with E-state index >= 15 is 0 Å². The Bertz CT molecular complexity index is 380. The third-order valence-corrected chi connectivity index (χ3v) is 3.75. The monoisotopic (exact) mass is 284 g/mol. The van der Waals surface area contributed by atoms with E-state index < -0.39 is 0 Å². The summed E-state index contributed by atoms with van der Waals surface area (Å²) in [5.74, 6) is -0.0907. The first kappa shape index (κ1) is 16.1. The maximum atomic E-state index is 11.9. The van der Waals surface area contributed by atoms with Gasteiger partial charge in [0.25, 0.3) is 5.91 Å². The van der Waals surface area contributed by atoms with Gasteiger partial charge in [-0.25, -0.2) is 4.98 Å². The Balaban J connectivity index is 2.33. The molecule has 1 amide bonds. The number of nitrogens with one attached hydrogen (secondary N) is 1. The van der Waals surface area contributed by atoms with Crippen molar-refractivity contribution in [2.45, 2.75) is 26.7 Å². The number of carbonyl (C=O) groups is 1. The minimum absolute atomic E-state index is 0.0907. The number of hydrogen-bond donors (Lipinski definition) is 2. The van der Waals surface area contributed by atoms with Crippen LogP contribution >= 0.6 is 11.3 Å². The summed E-state index contributed by atoms with van der Waals surface area (Å²) in [5, 5.41) is 5.63. The van der Waals surface area contributed by atoms with Crippen LogP contribution in [0.3, 0.4) is 0 Å². The number of likely N-dealkylation sites (N-methyl/N-ethyl adjacent to an activating group) is 1. The van der Waals surface area contributed by atoms with Crippen molar-refractivity contribution in [3.05, 3.63) is 16.1 Å². The summed E-state index contributed by atoms with van der Waals surface area (Å²) in [6.07, 6.45) is 1.87. The van der Waals surface area contributed by atoms with E-state index in [1.165, 1.54) is 11.3 Å². The van der Waals surface area contributed by atoms with Gasteiger partial charge in [0, 0.05) is 24.9 Å². The molecule has 19 heavy (non-hydrogen) atoms. The van der Waals surface area contributed by atoms with Crippen molar-refractivity contribution < 1.29 is 4.79 Å². The van der Waals surface area contributed by atoms with Gasteiger partial charge in [0.15, 0.2) is 0 Å². The second kappa shape index (κ2) is 9.01. The fourth-order valence-corrected chi connectivity index (χ4v) is 2.61. The van der Waals surface area contributed by atoms with Crippen LogP contribution in [0.1, 0.15) is 35.8 Å². The lowest BCUT2D eigenvalue weighted by atomic mass is 10.4. The molecule has 0 saturated carbocycles. The van der Waals surface area contributed by atoms with E-state index in [-0.39, 0.29) is 5.91 Å². The average molecular weight is 284 g/mol. The van der Waals surface area contributed by atoms with E-state index in [9.17, 15) is 4.79 Å². The van der Waals surface area contributed by atoms with Crippen molar-refractivity contribution in [2.24, 2.45) is 5.73 Å². The predicted molar refractivity (Wildman–Crippen MR) is 79.6 cm³/mol. The second-order valence-electron chi connectivity index (χ2n) is 4.36. The zero-order valence-electron chi connectivity index (χ0n) is 11.8. The Morgan fingerprint density at radius 1 is 1.47 bits per heavy atom. The summed E-state index contributed by atoms with van der Waals surface area (Å²) in [7, 11) is 0. The van der Waals surface area contributed by atoms with Crippen LogP contribution in [-0.4, -0.2) is 48.5 Å². The van der Waals surface area contributed by atoms with Gasteiger partial charge in [-0.1, -0.05) is 13.8 Å². The number of nitrogens with zero attached hydrogens (tertiary/aromatic N) is 2. The number of carbonyl (C=O) groups excluding carboxylic acids is 1. The summed E-state index contributed by atoms with van der Waals surface area (Å²) >= 11 is 1.49. The van der Waals surface area contributed by atoms with Gasteiger partial charge < -0.3 is 16.0 Å². The van der Waals surface area contributed by atoms with Gasteiger partial charge in [0.1, 0.15) is 5.69 Å². The SMILES string of the molecule is CCCN(CC)CCNC(=O)c1csc(CCN)n1. The van der Waals surface area contributed by atoms with Crippen molar-refractivity contribution in [1.82, 2.24) is 15.2 Å². The van der Waals surface area contributed by atoms with Gasteiger partial charge >= 0.3 is 0 Å². The van der Waals surface area contributed by atoms with Crippen LogP contribution in [0, 0.1) is 0 Å². The molecule has 0 aromatic carbocycles.